The minimum Gasteiger partial charge on any atom is -0.497 e. The minimum atomic E-state index is 0.856. The van der Waals surface area contributed by atoms with E-state index in [9.17, 15) is 0 Å². The van der Waals surface area contributed by atoms with Crippen LogP contribution in [0.25, 0.3) is 27.8 Å². The van der Waals surface area contributed by atoms with E-state index >= 15 is 0 Å². The summed E-state index contributed by atoms with van der Waals surface area (Å²) >= 11 is 3.67. The SMILES string of the molecule is CCc1cc(-n2cc(Br)c3ccc(-c4ccc(OC)cc4)cc32)ncn1. The highest BCUT2D eigenvalue weighted by atomic mass is 79.9. The first-order chi connectivity index (χ1) is 12.7. The maximum Gasteiger partial charge on any atom is 0.140 e. The zero-order chi connectivity index (χ0) is 18.1. The summed E-state index contributed by atoms with van der Waals surface area (Å²) < 4.78 is 8.40. The lowest BCUT2D eigenvalue weighted by molar-refractivity contribution is 0.415. The summed E-state index contributed by atoms with van der Waals surface area (Å²) in [6.45, 7) is 2.09. The molecule has 0 aliphatic rings. The quantitative estimate of drug-likeness (QED) is 0.453. The fourth-order valence-corrected chi connectivity index (χ4v) is 3.59. The summed E-state index contributed by atoms with van der Waals surface area (Å²) in [5.41, 5.74) is 4.43. The summed E-state index contributed by atoms with van der Waals surface area (Å²) in [6.07, 6.45) is 4.57. The highest BCUT2D eigenvalue weighted by Crippen LogP contribution is 2.32. The van der Waals surface area contributed by atoms with Crippen molar-refractivity contribution >= 4 is 26.8 Å². The van der Waals surface area contributed by atoms with Gasteiger partial charge in [0.25, 0.3) is 0 Å². The van der Waals surface area contributed by atoms with E-state index in [1.807, 2.05) is 18.2 Å². The molecule has 0 radical (unpaired) electrons. The Balaban J connectivity index is 1.86. The number of hydrogen-bond donors (Lipinski definition) is 0. The van der Waals surface area contributed by atoms with Crippen LogP contribution in [-0.2, 0) is 6.42 Å². The number of aryl methyl sites for hydroxylation is 1. The van der Waals surface area contributed by atoms with Crippen LogP contribution in [-0.4, -0.2) is 21.6 Å². The Kier molecular flexibility index (Phi) is 4.47. The minimum absolute atomic E-state index is 0.856. The van der Waals surface area contributed by atoms with Gasteiger partial charge in [-0.25, -0.2) is 9.97 Å². The van der Waals surface area contributed by atoms with Crippen LogP contribution >= 0.6 is 15.9 Å². The van der Waals surface area contributed by atoms with Crippen LogP contribution in [0.15, 0.2) is 65.5 Å². The third kappa shape index (κ3) is 2.99. The number of fused-ring (bicyclic) bond motifs is 1. The number of rotatable bonds is 4. The highest BCUT2D eigenvalue weighted by Gasteiger charge is 2.11. The Labute approximate surface area is 160 Å². The molecule has 0 aliphatic heterocycles. The monoisotopic (exact) mass is 407 g/mol. The van der Waals surface area contributed by atoms with Crippen molar-refractivity contribution in [2.45, 2.75) is 13.3 Å². The van der Waals surface area contributed by atoms with Gasteiger partial charge >= 0.3 is 0 Å². The van der Waals surface area contributed by atoms with Crippen LogP contribution in [0, 0.1) is 0 Å². The van der Waals surface area contributed by atoms with Gasteiger partial charge in [0.2, 0.25) is 0 Å². The summed E-state index contributed by atoms with van der Waals surface area (Å²) in [4.78, 5) is 8.76. The third-order valence-electron chi connectivity index (χ3n) is 4.50. The molecule has 2 heterocycles. The van der Waals surface area contributed by atoms with Crippen LogP contribution < -0.4 is 4.74 Å². The average molecular weight is 408 g/mol. The smallest absolute Gasteiger partial charge is 0.140 e. The van der Waals surface area contributed by atoms with Crippen molar-refractivity contribution in [1.29, 1.82) is 0 Å². The number of hydrogen-bond acceptors (Lipinski definition) is 3. The number of methoxy groups -OCH3 is 1. The van der Waals surface area contributed by atoms with E-state index in [2.05, 4.69) is 73.9 Å². The van der Waals surface area contributed by atoms with E-state index in [1.54, 1.807) is 13.4 Å². The zero-order valence-electron chi connectivity index (χ0n) is 14.6. The molecule has 0 fully saturated rings. The molecule has 0 unspecified atom stereocenters. The molecule has 130 valence electrons. The van der Waals surface area contributed by atoms with Gasteiger partial charge < -0.3 is 4.74 Å². The van der Waals surface area contributed by atoms with Gasteiger partial charge in [-0.3, -0.25) is 4.57 Å². The van der Waals surface area contributed by atoms with E-state index in [-0.39, 0.29) is 0 Å². The molecule has 4 rings (SSSR count). The van der Waals surface area contributed by atoms with Crippen LogP contribution in [0.2, 0.25) is 0 Å². The molecule has 2 aromatic carbocycles. The predicted octanol–water partition coefficient (Wildman–Crippen LogP) is 5.42. The van der Waals surface area contributed by atoms with Gasteiger partial charge in [0.05, 0.1) is 12.6 Å². The molecule has 0 aliphatic carbocycles. The average Bonchev–Trinajstić information content (AvgIpc) is 3.04. The van der Waals surface area contributed by atoms with E-state index in [1.165, 1.54) is 0 Å². The van der Waals surface area contributed by atoms with Crippen molar-refractivity contribution in [2.24, 2.45) is 0 Å². The molecule has 0 N–H and O–H groups in total. The molecule has 5 heteroatoms. The highest BCUT2D eigenvalue weighted by molar-refractivity contribution is 9.10. The van der Waals surface area contributed by atoms with Gasteiger partial charge in [0.1, 0.15) is 17.9 Å². The molecule has 0 saturated carbocycles. The van der Waals surface area contributed by atoms with Gasteiger partial charge in [0.15, 0.2) is 0 Å². The van der Waals surface area contributed by atoms with Gasteiger partial charge in [-0.15, -0.1) is 0 Å². The second kappa shape index (κ2) is 6.92. The summed E-state index contributed by atoms with van der Waals surface area (Å²) in [7, 11) is 1.68. The Morgan fingerprint density at radius 3 is 2.50 bits per heavy atom. The second-order valence-electron chi connectivity index (χ2n) is 6.03. The number of aromatic nitrogens is 3. The standard InChI is InChI=1S/C21H18BrN3O/c1-3-16-11-21(24-13-23-16)25-12-19(22)18-9-6-15(10-20(18)25)14-4-7-17(26-2)8-5-14/h4-13H,3H2,1-2H3. The summed E-state index contributed by atoms with van der Waals surface area (Å²) in [5, 5.41) is 1.15. The van der Waals surface area contributed by atoms with Crippen LogP contribution in [0.3, 0.4) is 0 Å². The fourth-order valence-electron chi connectivity index (χ4n) is 3.05. The first-order valence-corrected chi connectivity index (χ1v) is 9.25. The molecule has 0 saturated heterocycles. The number of ether oxygens (including phenoxy) is 1. The number of nitrogens with zero attached hydrogens (tertiary/aromatic N) is 3. The van der Waals surface area contributed by atoms with Crippen molar-refractivity contribution in [3.05, 3.63) is 71.2 Å². The predicted molar refractivity (Wildman–Crippen MR) is 108 cm³/mol. The van der Waals surface area contributed by atoms with Crippen molar-refractivity contribution in [2.75, 3.05) is 7.11 Å². The third-order valence-corrected chi connectivity index (χ3v) is 5.13. The maximum absolute atomic E-state index is 5.25. The molecule has 2 aromatic heterocycles. The van der Waals surface area contributed by atoms with E-state index in [0.717, 1.165) is 50.2 Å². The van der Waals surface area contributed by atoms with E-state index in [0.29, 0.717) is 0 Å². The molecule has 0 atom stereocenters. The topological polar surface area (TPSA) is 39.9 Å². The lowest BCUT2D eigenvalue weighted by atomic mass is 10.0. The summed E-state index contributed by atoms with van der Waals surface area (Å²) in [6, 6.07) is 16.6. The molecular formula is C21H18BrN3O. The lowest BCUT2D eigenvalue weighted by Gasteiger charge is -2.08. The Morgan fingerprint density at radius 1 is 1.00 bits per heavy atom. The molecule has 4 nitrogen and oxygen atoms in total. The number of halogens is 1. The van der Waals surface area contributed by atoms with Crippen LogP contribution in [0.4, 0.5) is 0 Å². The zero-order valence-corrected chi connectivity index (χ0v) is 16.2. The Bertz CT molecular complexity index is 1070. The molecule has 26 heavy (non-hydrogen) atoms. The fraction of sp³-hybridized carbons (Fsp3) is 0.143. The summed E-state index contributed by atoms with van der Waals surface area (Å²) in [5.74, 6) is 1.73. The van der Waals surface area contributed by atoms with Crippen LogP contribution in [0.5, 0.6) is 5.75 Å². The van der Waals surface area contributed by atoms with Crippen molar-refractivity contribution in [1.82, 2.24) is 14.5 Å². The van der Waals surface area contributed by atoms with Crippen molar-refractivity contribution in [3.8, 4) is 22.7 Å². The Hall–Kier alpha value is -2.66. The van der Waals surface area contributed by atoms with E-state index < -0.39 is 0 Å². The molecular weight excluding hydrogens is 390 g/mol. The van der Waals surface area contributed by atoms with E-state index in [4.69, 9.17) is 4.74 Å². The van der Waals surface area contributed by atoms with Crippen molar-refractivity contribution in [3.63, 3.8) is 0 Å². The first-order valence-electron chi connectivity index (χ1n) is 8.46. The van der Waals surface area contributed by atoms with Crippen LogP contribution in [0.1, 0.15) is 12.6 Å². The maximum atomic E-state index is 5.25. The van der Waals surface area contributed by atoms with Gasteiger partial charge in [0, 0.05) is 27.8 Å². The molecule has 4 aromatic rings. The lowest BCUT2D eigenvalue weighted by Crippen LogP contribution is -1.99. The normalized spacial score (nSPS) is 11.0. The first kappa shape index (κ1) is 16.8. The number of benzene rings is 2. The molecule has 0 bridgehead atoms. The van der Waals surface area contributed by atoms with Crippen molar-refractivity contribution < 1.29 is 4.74 Å². The van der Waals surface area contributed by atoms with Gasteiger partial charge in [-0.2, -0.15) is 0 Å². The molecule has 0 amide bonds. The van der Waals surface area contributed by atoms with Gasteiger partial charge in [-0.05, 0) is 51.7 Å². The molecule has 0 spiro atoms. The Morgan fingerprint density at radius 2 is 1.77 bits per heavy atom. The van der Waals surface area contributed by atoms with Gasteiger partial charge in [-0.1, -0.05) is 31.2 Å². The largest absolute Gasteiger partial charge is 0.497 e. The second-order valence-corrected chi connectivity index (χ2v) is 6.88.